The van der Waals surface area contributed by atoms with Gasteiger partial charge in [0.2, 0.25) is 0 Å². The van der Waals surface area contributed by atoms with E-state index in [0.29, 0.717) is 11.9 Å². The minimum atomic E-state index is 0.371. The normalized spacial score (nSPS) is 18.4. The topological polar surface area (TPSA) is 32.3 Å². The Morgan fingerprint density at radius 2 is 2.10 bits per heavy atom. The third-order valence-corrected chi connectivity index (χ3v) is 5.79. The summed E-state index contributed by atoms with van der Waals surface area (Å²) in [5, 5.41) is 6.40. The first-order valence-electron chi connectivity index (χ1n) is 6.66. The summed E-state index contributed by atoms with van der Waals surface area (Å²) < 4.78 is 0. The molecule has 0 spiro atoms. The molecular formula is C13H17ClN4S2. The highest BCUT2D eigenvalue weighted by atomic mass is 35.5. The molecule has 0 bridgehead atoms. The lowest BCUT2D eigenvalue weighted by molar-refractivity contribution is 0.198. The van der Waals surface area contributed by atoms with Crippen molar-refractivity contribution in [3.63, 3.8) is 0 Å². The average molecular weight is 329 g/mol. The van der Waals surface area contributed by atoms with Crippen LogP contribution < -0.4 is 4.90 Å². The number of aromatic nitrogens is 2. The predicted molar refractivity (Wildman–Crippen MR) is 86.0 cm³/mol. The van der Waals surface area contributed by atoms with Gasteiger partial charge in [-0.15, -0.1) is 34.3 Å². The fraction of sp³-hybridized carbons (Fsp3) is 0.538. The van der Waals surface area contributed by atoms with E-state index >= 15 is 0 Å². The van der Waals surface area contributed by atoms with Gasteiger partial charge < -0.3 is 4.90 Å². The molecule has 1 atom stereocenters. The number of hydrogen-bond donors (Lipinski definition) is 0. The van der Waals surface area contributed by atoms with E-state index in [1.807, 2.05) is 11.6 Å². The second-order valence-electron chi connectivity index (χ2n) is 4.82. The third-order valence-electron chi connectivity index (χ3n) is 3.62. The maximum atomic E-state index is 5.82. The van der Waals surface area contributed by atoms with Crippen molar-refractivity contribution in [3.8, 4) is 0 Å². The van der Waals surface area contributed by atoms with Gasteiger partial charge in [0.15, 0.2) is 5.13 Å². The summed E-state index contributed by atoms with van der Waals surface area (Å²) in [6, 6.07) is 0.371. The van der Waals surface area contributed by atoms with Gasteiger partial charge in [-0.2, -0.15) is 0 Å². The van der Waals surface area contributed by atoms with Crippen LogP contribution in [0.1, 0.15) is 23.7 Å². The molecule has 20 heavy (non-hydrogen) atoms. The lowest BCUT2D eigenvalue weighted by atomic mass is 10.2. The summed E-state index contributed by atoms with van der Waals surface area (Å²) in [5.41, 5.74) is 0.986. The van der Waals surface area contributed by atoms with Crippen molar-refractivity contribution in [3.05, 3.63) is 27.7 Å². The van der Waals surface area contributed by atoms with E-state index < -0.39 is 0 Å². The van der Waals surface area contributed by atoms with E-state index in [1.165, 1.54) is 5.01 Å². The summed E-state index contributed by atoms with van der Waals surface area (Å²) in [6.07, 6.45) is 1.87. The summed E-state index contributed by atoms with van der Waals surface area (Å²) in [6.45, 7) is 6.40. The van der Waals surface area contributed by atoms with E-state index in [4.69, 9.17) is 11.6 Å². The lowest BCUT2D eigenvalue weighted by Crippen LogP contribution is -2.47. The van der Waals surface area contributed by atoms with Crippen molar-refractivity contribution < 1.29 is 0 Å². The second-order valence-corrected chi connectivity index (χ2v) is 6.85. The number of anilines is 1. The molecule has 7 heteroatoms. The van der Waals surface area contributed by atoms with E-state index in [9.17, 15) is 0 Å². The Balaban J connectivity index is 1.60. The fourth-order valence-corrected chi connectivity index (χ4v) is 4.24. The molecule has 1 aliphatic rings. The van der Waals surface area contributed by atoms with Crippen molar-refractivity contribution in [2.24, 2.45) is 0 Å². The molecule has 0 amide bonds. The van der Waals surface area contributed by atoms with E-state index in [-0.39, 0.29) is 0 Å². The Bertz CT molecular complexity index is 534. The SMILES string of the molecule is CC(c1nc(CCl)cs1)N1CCN(c2nccs2)CC1. The van der Waals surface area contributed by atoms with Crippen LogP contribution in [0, 0.1) is 0 Å². The third kappa shape index (κ3) is 2.98. The Morgan fingerprint density at radius 3 is 2.70 bits per heavy atom. The first kappa shape index (κ1) is 14.3. The van der Waals surface area contributed by atoms with E-state index in [1.54, 1.807) is 22.7 Å². The standard InChI is InChI=1S/C13H17ClN4S2/c1-10(12-16-11(8-14)9-20-12)17-3-5-18(6-4-17)13-15-2-7-19-13/h2,7,9-10H,3-6,8H2,1H3. The van der Waals surface area contributed by atoms with Gasteiger partial charge in [0.05, 0.1) is 17.6 Å². The maximum absolute atomic E-state index is 5.82. The van der Waals surface area contributed by atoms with Crippen molar-refractivity contribution in [1.29, 1.82) is 0 Å². The smallest absolute Gasteiger partial charge is 0.185 e. The molecule has 1 fully saturated rings. The summed E-state index contributed by atoms with van der Waals surface area (Å²) in [7, 11) is 0. The second kappa shape index (κ2) is 6.39. The van der Waals surface area contributed by atoms with Crippen LogP contribution in [0.25, 0.3) is 0 Å². The number of piperazine rings is 1. The summed E-state index contributed by atoms with van der Waals surface area (Å²) in [5.74, 6) is 0.501. The van der Waals surface area contributed by atoms with Crippen LogP contribution in [-0.4, -0.2) is 41.0 Å². The number of thiazole rings is 2. The molecule has 1 aliphatic heterocycles. The van der Waals surface area contributed by atoms with E-state index in [2.05, 4.69) is 32.1 Å². The molecule has 3 rings (SSSR count). The summed E-state index contributed by atoms with van der Waals surface area (Å²) >= 11 is 9.25. The van der Waals surface area contributed by atoms with Crippen LogP contribution in [0.4, 0.5) is 5.13 Å². The highest BCUT2D eigenvalue weighted by molar-refractivity contribution is 7.13. The van der Waals surface area contributed by atoms with Gasteiger partial charge in [-0.05, 0) is 6.92 Å². The van der Waals surface area contributed by atoms with Crippen LogP contribution in [-0.2, 0) is 5.88 Å². The Hall–Kier alpha value is -0.690. The number of alkyl halides is 1. The number of hydrogen-bond acceptors (Lipinski definition) is 6. The molecular weight excluding hydrogens is 312 g/mol. The van der Waals surface area contributed by atoms with Crippen LogP contribution in [0.2, 0.25) is 0 Å². The molecule has 2 aromatic heterocycles. The quantitative estimate of drug-likeness (QED) is 0.807. The van der Waals surface area contributed by atoms with Gasteiger partial charge in [0.1, 0.15) is 5.01 Å². The zero-order chi connectivity index (χ0) is 13.9. The van der Waals surface area contributed by atoms with Crippen molar-refractivity contribution in [2.45, 2.75) is 18.8 Å². The number of rotatable bonds is 4. The first-order chi connectivity index (χ1) is 9.78. The van der Waals surface area contributed by atoms with Crippen LogP contribution in [0.3, 0.4) is 0 Å². The highest BCUT2D eigenvalue weighted by Crippen LogP contribution is 2.27. The zero-order valence-corrected chi connectivity index (χ0v) is 13.7. The minimum Gasteiger partial charge on any atom is -0.346 e. The molecule has 0 radical (unpaired) electrons. The average Bonchev–Trinajstić information content (AvgIpc) is 3.18. The van der Waals surface area contributed by atoms with Crippen LogP contribution in [0.15, 0.2) is 17.0 Å². The highest BCUT2D eigenvalue weighted by Gasteiger charge is 2.24. The predicted octanol–water partition coefficient (Wildman–Crippen LogP) is 3.22. The molecule has 1 unspecified atom stereocenters. The van der Waals surface area contributed by atoms with E-state index in [0.717, 1.165) is 37.0 Å². The molecule has 4 nitrogen and oxygen atoms in total. The Morgan fingerprint density at radius 1 is 1.30 bits per heavy atom. The minimum absolute atomic E-state index is 0.371. The van der Waals surface area contributed by atoms with Crippen LogP contribution in [0.5, 0.6) is 0 Å². The van der Waals surface area contributed by atoms with Crippen molar-refractivity contribution in [2.75, 3.05) is 31.1 Å². The van der Waals surface area contributed by atoms with Gasteiger partial charge in [-0.1, -0.05) is 0 Å². The lowest BCUT2D eigenvalue weighted by Gasteiger charge is -2.37. The van der Waals surface area contributed by atoms with Gasteiger partial charge in [-0.25, -0.2) is 9.97 Å². The molecule has 0 N–H and O–H groups in total. The monoisotopic (exact) mass is 328 g/mol. The largest absolute Gasteiger partial charge is 0.346 e. The van der Waals surface area contributed by atoms with Crippen LogP contribution >= 0.6 is 34.3 Å². The van der Waals surface area contributed by atoms with Gasteiger partial charge in [0.25, 0.3) is 0 Å². The fourth-order valence-electron chi connectivity index (χ4n) is 2.40. The van der Waals surface area contributed by atoms with Gasteiger partial charge >= 0.3 is 0 Å². The van der Waals surface area contributed by atoms with Gasteiger partial charge in [0, 0.05) is 43.1 Å². The molecule has 1 saturated heterocycles. The first-order valence-corrected chi connectivity index (χ1v) is 8.96. The molecule has 0 saturated carbocycles. The Labute approximate surface area is 132 Å². The molecule has 3 heterocycles. The molecule has 0 aromatic carbocycles. The van der Waals surface area contributed by atoms with Gasteiger partial charge in [-0.3, -0.25) is 4.90 Å². The summed E-state index contributed by atoms with van der Waals surface area (Å²) in [4.78, 5) is 13.8. The van der Waals surface area contributed by atoms with Crippen molar-refractivity contribution >= 4 is 39.4 Å². The molecule has 2 aromatic rings. The Kier molecular flexibility index (Phi) is 4.55. The molecule has 0 aliphatic carbocycles. The molecule has 108 valence electrons. The maximum Gasteiger partial charge on any atom is 0.185 e. The van der Waals surface area contributed by atoms with Crippen molar-refractivity contribution in [1.82, 2.24) is 14.9 Å². The zero-order valence-electron chi connectivity index (χ0n) is 11.3. The number of nitrogens with zero attached hydrogens (tertiary/aromatic N) is 4. The number of halogens is 1.